The molecule has 0 radical (unpaired) electrons. The molecule has 1 rings (SSSR count). The number of halogens is 2. The van der Waals surface area contributed by atoms with Crippen LogP contribution in [0.1, 0.15) is 12.5 Å². The molecule has 1 N–H and O–H groups in total. The van der Waals surface area contributed by atoms with Crippen molar-refractivity contribution in [3.63, 3.8) is 0 Å². The van der Waals surface area contributed by atoms with Gasteiger partial charge in [-0.05, 0) is 30.2 Å². The van der Waals surface area contributed by atoms with E-state index in [9.17, 15) is 9.18 Å². The number of carboxylic acid groups (broad SMARTS) is 1. The average Bonchev–Trinajstić information content (AvgIpc) is 2.08. The van der Waals surface area contributed by atoms with Gasteiger partial charge >= 0.3 is 5.97 Å². The van der Waals surface area contributed by atoms with E-state index in [1.807, 2.05) is 0 Å². The number of carboxylic acids is 1. The van der Waals surface area contributed by atoms with E-state index in [1.54, 1.807) is 6.92 Å². The third-order valence-corrected chi connectivity index (χ3v) is 2.00. The first-order valence-electron chi connectivity index (χ1n) is 3.87. The lowest BCUT2D eigenvalue weighted by molar-refractivity contribution is -0.131. The summed E-state index contributed by atoms with van der Waals surface area (Å²) in [6.45, 7) is 1.62. The van der Waals surface area contributed by atoms with Crippen molar-refractivity contribution in [1.29, 1.82) is 0 Å². The Morgan fingerprint density at radius 2 is 2.21 bits per heavy atom. The largest absolute Gasteiger partial charge is 0.478 e. The van der Waals surface area contributed by atoms with Gasteiger partial charge in [0.1, 0.15) is 5.82 Å². The predicted molar refractivity (Wildman–Crippen MR) is 52.7 cm³/mol. The maximum atomic E-state index is 12.8. The van der Waals surface area contributed by atoms with Crippen molar-refractivity contribution in [1.82, 2.24) is 0 Å². The number of hydrogen-bond donors (Lipinski definition) is 1. The normalized spacial score (nSPS) is 11.5. The molecule has 0 amide bonds. The molecule has 74 valence electrons. The minimum Gasteiger partial charge on any atom is -0.478 e. The van der Waals surface area contributed by atoms with Crippen LogP contribution in [-0.2, 0) is 4.79 Å². The molecule has 0 heterocycles. The molecular weight excluding hydrogens is 207 g/mol. The fraction of sp³-hybridized carbons (Fsp3) is 0.100. The van der Waals surface area contributed by atoms with Crippen LogP contribution in [0.5, 0.6) is 0 Å². The molecule has 1 aromatic rings. The summed E-state index contributed by atoms with van der Waals surface area (Å²) in [5, 5.41) is 8.47. The number of allylic oxidation sites excluding steroid dienone is 1. The van der Waals surface area contributed by atoms with E-state index in [0.717, 1.165) is 6.08 Å². The minimum atomic E-state index is -1.04. The van der Waals surface area contributed by atoms with Crippen LogP contribution in [-0.4, -0.2) is 11.1 Å². The third-order valence-electron chi connectivity index (χ3n) is 1.71. The van der Waals surface area contributed by atoms with Gasteiger partial charge in [0.2, 0.25) is 0 Å². The van der Waals surface area contributed by atoms with Gasteiger partial charge in [-0.25, -0.2) is 9.18 Å². The minimum absolute atomic E-state index is 0.0133. The lowest BCUT2D eigenvalue weighted by Crippen LogP contribution is -1.90. The summed E-state index contributed by atoms with van der Waals surface area (Å²) in [6, 6.07) is 4.08. The quantitative estimate of drug-likeness (QED) is 0.769. The van der Waals surface area contributed by atoms with Crippen LogP contribution < -0.4 is 0 Å². The van der Waals surface area contributed by atoms with Gasteiger partial charge in [0.05, 0.1) is 5.02 Å². The Balaban J connectivity index is 3.09. The van der Waals surface area contributed by atoms with Crippen LogP contribution in [0, 0.1) is 5.82 Å². The lowest BCUT2D eigenvalue weighted by Gasteiger charge is -2.01. The van der Waals surface area contributed by atoms with Gasteiger partial charge in [-0.1, -0.05) is 17.7 Å². The molecule has 0 fully saturated rings. The first kappa shape index (κ1) is 10.7. The second kappa shape index (κ2) is 4.24. The Bertz CT molecular complexity index is 399. The van der Waals surface area contributed by atoms with Crippen molar-refractivity contribution >= 4 is 23.1 Å². The van der Waals surface area contributed by atoms with Crippen molar-refractivity contribution < 1.29 is 14.3 Å². The van der Waals surface area contributed by atoms with Crippen molar-refractivity contribution in [2.24, 2.45) is 0 Å². The van der Waals surface area contributed by atoms with Crippen LogP contribution >= 0.6 is 11.6 Å². The monoisotopic (exact) mass is 214 g/mol. The summed E-state index contributed by atoms with van der Waals surface area (Å²) < 4.78 is 12.8. The lowest BCUT2D eigenvalue weighted by atomic mass is 10.1. The molecule has 4 heteroatoms. The van der Waals surface area contributed by atoms with E-state index in [2.05, 4.69) is 0 Å². The van der Waals surface area contributed by atoms with E-state index in [-0.39, 0.29) is 5.02 Å². The zero-order chi connectivity index (χ0) is 10.7. The molecule has 0 aliphatic carbocycles. The van der Waals surface area contributed by atoms with Gasteiger partial charge < -0.3 is 5.11 Å². The maximum absolute atomic E-state index is 12.8. The molecule has 0 aliphatic rings. The Hall–Kier alpha value is -1.35. The molecule has 2 nitrogen and oxygen atoms in total. The van der Waals surface area contributed by atoms with E-state index in [1.165, 1.54) is 18.2 Å². The maximum Gasteiger partial charge on any atom is 0.328 e. The molecule has 0 unspecified atom stereocenters. The van der Waals surface area contributed by atoms with Crippen LogP contribution in [0.15, 0.2) is 24.3 Å². The molecule has 0 saturated carbocycles. The Morgan fingerprint density at radius 3 is 2.71 bits per heavy atom. The van der Waals surface area contributed by atoms with E-state index in [0.29, 0.717) is 11.1 Å². The van der Waals surface area contributed by atoms with Gasteiger partial charge in [0.15, 0.2) is 0 Å². The fourth-order valence-electron chi connectivity index (χ4n) is 1.01. The van der Waals surface area contributed by atoms with E-state index in [4.69, 9.17) is 16.7 Å². The van der Waals surface area contributed by atoms with Crippen molar-refractivity contribution in [2.75, 3.05) is 0 Å². The number of benzene rings is 1. The van der Waals surface area contributed by atoms with Crippen LogP contribution in [0.4, 0.5) is 4.39 Å². The van der Waals surface area contributed by atoms with Gasteiger partial charge in [-0.15, -0.1) is 0 Å². The Morgan fingerprint density at radius 1 is 1.57 bits per heavy atom. The van der Waals surface area contributed by atoms with Crippen LogP contribution in [0.2, 0.25) is 5.02 Å². The topological polar surface area (TPSA) is 37.3 Å². The van der Waals surface area contributed by atoms with Crippen molar-refractivity contribution in [3.05, 3.63) is 40.7 Å². The van der Waals surface area contributed by atoms with E-state index >= 15 is 0 Å². The highest BCUT2D eigenvalue weighted by Crippen LogP contribution is 2.21. The number of rotatable bonds is 2. The zero-order valence-corrected chi connectivity index (χ0v) is 8.18. The fourth-order valence-corrected chi connectivity index (χ4v) is 1.19. The van der Waals surface area contributed by atoms with Crippen LogP contribution in [0.25, 0.3) is 5.57 Å². The SMILES string of the molecule is C/C(=C/C(=O)O)c1ccc(F)c(Cl)c1. The molecule has 14 heavy (non-hydrogen) atoms. The number of aliphatic carboxylic acids is 1. The first-order chi connectivity index (χ1) is 6.50. The van der Waals surface area contributed by atoms with E-state index < -0.39 is 11.8 Å². The average molecular weight is 215 g/mol. The summed E-state index contributed by atoms with van der Waals surface area (Å²) in [5.74, 6) is -1.55. The van der Waals surface area contributed by atoms with Gasteiger partial charge in [0, 0.05) is 6.08 Å². The summed E-state index contributed by atoms with van der Waals surface area (Å²) in [4.78, 5) is 10.4. The van der Waals surface area contributed by atoms with Crippen LogP contribution in [0.3, 0.4) is 0 Å². The molecule has 0 aromatic heterocycles. The van der Waals surface area contributed by atoms with Gasteiger partial charge in [0.25, 0.3) is 0 Å². The first-order valence-corrected chi connectivity index (χ1v) is 4.25. The summed E-state index contributed by atoms with van der Waals surface area (Å²) in [6.07, 6.45) is 1.05. The Kier molecular flexibility index (Phi) is 3.25. The molecule has 0 aliphatic heterocycles. The number of carbonyl (C=O) groups is 1. The number of hydrogen-bond acceptors (Lipinski definition) is 1. The molecular formula is C10H8ClFO2. The van der Waals surface area contributed by atoms with Crippen molar-refractivity contribution in [3.8, 4) is 0 Å². The molecule has 0 saturated heterocycles. The predicted octanol–water partition coefficient (Wildman–Crippen LogP) is 2.97. The highest BCUT2D eigenvalue weighted by molar-refractivity contribution is 6.30. The molecule has 1 aromatic carbocycles. The molecule has 0 spiro atoms. The smallest absolute Gasteiger partial charge is 0.328 e. The third kappa shape index (κ3) is 2.57. The summed E-state index contributed by atoms with van der Waals surface area (Å²) in [5.41, 5.74) is 1.12. The molecule has 0 atom stereocenters. The molecule has 0 bridgehead atoms. The second-order valence-electron chi connectivity index (χ2n) is 2.79. The highest BCUT2D eigenvalue weighted by Gasteiger charge is 2.03. The summed E-state index contributed by atoms with van der Waals surface area (Å²) in [7, 11) is 0. The van der Waals surface area contributed by atoms with Crippen molar-refractivity contribution in [2.45, 2.75) is 6.92 Å². The Labute approximate surface area is 85.6 Å². The standard InChI is InChI=1S/C10H8ClFO2/c1-6(4-10(13)14)7-2-3-9(12)8(11)5-7/h2-5H,1H3,(H,13,14)/b6-4-. The summed E-state index contributed by atoms with van der Waals surface area (Å²) >= 11 is 5.54. The van der Waals surface area contributed by atoms with Gasteiger partial charge in [-0.3, -0.25) is 0 Å². The zero-order valence-electron chi connectivity index (χ0n) is 7.42. The highest BCUT2D eigenvalue weighted by atomic mass is 35.5. The second-order valence-corrected chi connectivity index (χ2v) is 3.20. The van der Waals surface area contributed by atoms with Gasteiger partial charge in [-0.2, -0.15) is 0 Å².